The molecule has 1 amide bonds. The second-order valence-corrected chi connectivity index (χ2v) is 9.43. The topological polar surface area (TPSA) is 108 Å². The van der Waals surface area contributed by atoms with E-state index in [-0.39, 0.29) is 17.9 Å². The number of carbonyl (C=O) groups excluding carboxylic acids is 1. The number of piperidine rings is 1. The zero-order chi connectivity index (χ0) is 27.8. The van der Waals surface area contributed by atoms with Crippen molar-refractivity contribution in [1.82, 2.24) is 20.4 Å². The summed E-state index contributed by atoms with van der Waals surface area (Å²) in [6.45, 7) is 9.07. The molecule has 0 bridgehead atoms. The van der Waals surface area contributed by atoms with Gasteiger partial charge in [0.05, 0.1) is 40.0 Å². The lowest BCUT2D eigenvalue weighted by molar-refractivity contribution is -0.127. The molecule has 1 aliphatic heterocycles. The lowest BCUT2D eigenvalue weighted by Crippen LogP contribution is -2.40. The van der Waals surface area contributed by atoms with Crippen molar-refractivity contribution in [3.63, 3.8) is 0 Å². The number of amides is 1. The van der Waals surface area contributed by atoms with Crippen molar-refractivity contribution in [1.29, 1.82) is 0 Å². The molecule has 1 atom stereocenters. The summed E-state index contributed by atoms with van der Waals surface area (Å²) in [5, 5.41) is 7.31. The van der Waals surface area contributed by atoms with E-state index in [4.69, 9.17) is 23.5 Å². The molecule has 0 aliphatic carbocycles. The predicted molar refractivity (Wildman–Crippen MR) is 146 cm³/mol. The number of benzene rings is 2. The van der Waals surface area contributed by atoms with E-state index in [0.29, 0.717) is 54.5 Å². The molecule has 2 heterocycles. The molecular formula is C29H38N4O6. The molecule has 0 radical (unpaired) electrons. The summed E-state index contributed by atoms with van der Waals surface area (Å²) in [5.74, 6) is 3.72. The lowest BCUT2D eigenvalue weighted by Gasteiger charge is -2.31. The van der Waals surface area contributed by atoms with Crippen LogP contribution in [0.2, 0.25) is 0 Å². The number of hydrogen-bond donors (Lipinski definition) is 1. The summed E-state index contributed by atoms with van der Waals surface area (Å²) in [4.78, 5) is 19.8. The number of likely N-dealkylation sites (tertiary alicyclic amines) is 1. The molecule has 210 valence electrons. The van der Waals surface area contributed by atoms with Crippen LogP contribution in [0.3, 0.4) is 0 Å². The molecule has 10 nitrogen and oxygen atoms in total. The molecule has 1 aliphatic rings. The van der Waals surface area contributed by atoms with E-state index in [0.717, 1.165) is 37.1 Å². The molecule has 4 rings (SSSR count). The van der Waals surface area contributed by atoms with Crippen molar-refractivity contribution in [2.45, 2.75) is 46.2 Å². The molecule has 1 aromatic heterocycles. The zero-order valence-corrected chi connectivity index (χ0v) is 23.4. The van der Waals surface area contributed by atoms with Crippen LogP contribution in [0.15, 0.2) is 40.9 Å². The van der Waals surface area contributed by atoms with Crippen LogP contribution in [-0.2, 0) is 11.3 Å². The fourth-order valence-electron chi connectivity index (χ4n) is 4.71. The van der Waals surface area contributed by atoms with Crippen LogP contribution >= 0.6 is 0 Å². The number of carbonyl (C=O) groups is 1. The van der Waals surface area contributed by atoms with Gasteiger partial charge in [0.15, 0.2) is 23.0 Å². The molecule has 2 aromatic carbocycles. The van der Waals surface area contributed by atoms with E-state index >= 15 is 0 Å². The summed E-state index contributed by atoms with van der Waals surface area (Å²) in [7, 11) is 3.18. The van der Waals surface area contributed by atoms with Crippen LogP contribution in [-0.4, -0.2) is 61.5 Å². The Balaban J connectivity index is 1.29. The SMILES string of the molecule is CCOc1ccc(C(C)NC(=O)C2CCN(Cc3nc(-c4ccc(OC)c(OC)c4)no3)CC2)cc1OCC. The number of nitrogens with one attached hydrogen (secondary N) is 1. The van der Waals surface area contributed by atoms with Crippen molar-refractivity contribution in [3.05, 3.63) is 47.9 Å². The number of aromatic nitrogens is 2. The highest BCUT2D eigenvalue weighted by Gasteiger charge is 2.27. The van der Waals surface area contributed by atoms with Crippen molar-refractivity contribution < 1.29 is 28.3 Å². The van der Waals surface area contributed by atoms with E-state index < -0.39 is 0 Å². The van der Waals surface area contributed by atoms with Gasteiger partial charge < -0.3 is 28.8 Å². The summed E-state index contributed by atoms with van der Waals surface area (Å²) in [5.41, 5.74) is 1.77. The number of methoxy groups -OCH3 is 2. The van der Waals surface area contributed by atoms with Gasteiger partial charge in [-0.15, -0.1) is 0 Å². The first-order chi connectivity index (χ1) is 18.9. The maximum atomic E-state index is 13.0. The van der Waals surface area contributed by atoms with Gasteiger partial charge in [-0.3, -0.25) is 9.69 Å². The molecule has 0 spiro atoms. The number of nitrogens with zero attached hydrogens (tertiary/aromatic N) is 3. The minimum Gasteiger partial charge on any atom is -0.493 e. The first-order valence-corrected chi connectivity index (χ1v) is 13.4. The monoisotopic (exact) mass is 538 g/mol. The third-order valence-corrected chi connectivity index (χ3v) is 6.85. The quantitative estimate of drug-likeness (QED) is 0.353. The summed E-state index contributed by atoms with van der Waals surface area (Å²) in [6.07, 6.45) is 1.53. The Labute approximate surface area is 229 Å². The van der Waals surface area contributed by atoms with Crippen molar-refractivity contribution in [3.8, 4) is 34.4 Å². The Morgan fingerprint density at radius 2 is 1.69 bits per heavy atom. The number of ether oxygens (including phenoxy) is 4. The largest absolute Gasteiger partial charge is 0.493 e. The van der Waals surface area contributed by atoms with Gasteiger partial charge in [0.1, 0.15) is 0 Å². The maximum Gasteiger partial charge on any atom is 0.241 e. The van der Waals surface area contributed by atoms with Crippen LogP contribution in [0.1, 0.15) is 51.1 Å². The minimum atomic E-state index is -0.140. The molecule has 0 saturated carbocycles. The second kappa shape index (κ2) is 13.3. The van der Waals surface area contributed by atoms with E-state index in [2.05, 4.69) is 20.4 Å². The molecule has 10 heteroatoms. The van der Waals surface area contributed by atoms with Gasteiger partial charge in [-0.2, -0.15) is 4.98 Å². The highest BCUT2D eigenvalue weighted by Crippen LogP contribution is 2.32. The standard InChI is InChI=1S/C29H38N4O6/c1-6-37-24-11-8-21(16-26(24)38-7-2)19(3)30-29(34)20-12-14-33(15-13-20)18-27-31-28(32-39-27)22-9-10-23(35-4)25(17-22)36-5/h8-11,16-17,19-20H,6-7,12-15,18H2,1-5H3,(H,30,34). The predicted octanol–water partition coefficient (Wildman–Crippen LogP) is 4.64. The van der Waals surface area contributed by atoms with Crippen molar-refractivity contribution >= 4 is 5.91 Å². The highest BCUT2D eigenvalue weighted by molar-refractivity contribution is 5.79. The maximum absolute atomic E-state index is 13.0. The molecule has 1 N–H and O–H groups in total. The summed E-state index contributed by atoms with van der Waals surface area (Å²) < 4.78 is 27.6. The van der Waals surface area contributed by atoms with Gasteiger partial charge in [0, 0.05) is 11.5 Å². The van der Waals surface area contributed by atoms with Crippen molar-refractivity contribution in [2.24, 2.45) is 5.92 Å². The molecule has 39 heavy (non-hydrogen) atoms. The fraction of sp³-hybridized carbons (Fsp3) is 0.483. The van der Waals surface area contributed by atoms with Gasteiger partial charge in [0.25, 0.3) is 0 Å². The normalized spacial score (nSPS) is 15.0. The average molecular weight is 539 g/mol. The Morgan fingerprint density at radius 3 is 2.38 bits per heavy atom. The smallest absolute Gasteiger partial charge is 0.241 e. The molecular weight excluding hydrogens is 500 g/mol. The van der Waals surface area contributed by atoms with E-state index in [1.165, 1.54) is 0 Å². The average Bonchev–Trinajstić information content (AvgIpc) is 3.42. The van der Waals surface area contributed by atoms with Gasteiger partial charge in [0.2, 0.25) is 17.6 Å². The first kappa shape index (κ1) is 28.2. The molecule has 1 saturated heterocycles. The second-order valence-electron chi connectivity index (χ2n) is 9.43. The van der Waals surface area contributed by atoms with Gasteiger partial charge in [-0.1, -0.05) is 11.2 Å². The third-order valence-electron chi connectivity index (χ3n) is 6.85. The summed E-state index contributed by atoms with van der Waals surface area (Å²) >= 11 is 0. The number of rotatable bonds is 12. The third kappa shape index (κ3) is 7.00. The van der Waals surface area contributed by atoms with Crippen LogP contribution < -0.4 is 24.3 Å². The minimum absolute atomic E-state index is 0.0391. The number of hydrogen-bond acceptors (Lipinski definition) is 9. The van der Waals surface area contributed by atoms with Crippen LogP contribution in [0, 0.1) is 5.92 Å². The van der Waals surface area contributed by atoms with Gasteiger partial charge in [-0.25, -0.2) is 0 Å². The zero-order valence-electron chi connectivity index (χ0n) is 23.4. The first-order valence-electron chi connectivity index (χ1n) is 13.4. The van der Waals surface area contributed by atoms with Crippen LogP contribution in [0.4, 0.5) is 0 Å². The van der Waals surface area contributed by atoms with Crippen LogP contribution in [0.5, 0.6) is 23.0 Å². The van der Waals surface area contributed by atoms with E-state index in [1.54, 1.807) is 14.2 Å². The Hall–Kier alpha value is -3.79. The highest BCUT2D eigenvalue weighted by atomic mass is 16.5. The van der Waals surface area contributed by atoms with Crippen molar-refractivity contribution in [2.75, 3.05) is 40.5 Å². The van der Waals surface area contributed by atoms with Crippen LogP contribution in [0.25, 0.3) is 11.4 Å². The Bertz CT molecular complexity index is 1240. The molecule has 3 aromatic rings. The molecule has 1 unspecified atom stereocenters. The molecule has 1 fully saturated rings. The van der Waals surface area contributed by atoms with E-state index in [9.17, 15) is 4.79 Å². The lowest BCUT2D eigenvalue weighted by atomic mass is 9.95. The Kier molecular flexibility index (Phi) is 9.64. The van der Waals surface area contributed by atoms with Gasteiger partial charge in [-0.05, 0) is 82.6 Å². The Morgan fingerprint density at radius 1 is 1.00 bits per heavy atom. The van der Waals surface area contributed by atoms with E-state index in [1.807, 2.05) is 57.2 Å². The fourth-order valence-corrected chi connectivity index (χ4v) is 4.71. The summed E-state index contributed by atoms with van der Waals surface area (Å²) in [6, 6.07) is 11.2. The van der Waals surface area contributed by atoms with Gasteiger partial charge >= 0.3 is 0 Å².